The number of imidazole rings is 1. The summed E-state index contributed by atoms with van der Waals surface area (Å²) in [4.78, 5) is 18.6. The molecule has 0 atom stereocenters. The third-order valence-corrected chi connectivity index (χ3v) is 2.03. The third kappa shape index (κ3) is 5.38. The van der Waals surface area contributed by atoms with Gasteiger partial charge in [-0.1, -0.05) is 0 Å². The lowest BCUT2D eigenvalue weighted by atomic mass is 9.99. The molecule has 0 aliphatic carbocycles. The lowest BCUT2D eigenvalue weighted by Crippen LogP contribution is -2.47. The van der Waals surface area contributed by atoms with Crippen molar-refractivity contribution in [2.24, 2.45) is 0 Å². The van der Waals surface area contributed by atoms with Gasteiger partial charge in [-0.2, -0.15) is 0 Å². The first-order valence-electron chi connectivity index (χ1n) is 5.66. The molecule has 0 radical (unpaired) electrons. The largest absolute Gasteiger partial charge is 0.444 e. The Morgan fingerprint density at radius 3 is 2.53 bits per heavy atom. The average Bonchev–Trinajstić information content (AvgIpc) is 2.49. The molecule has 2 N–H and O–H groups in total. The van der Waals surface area contributed by atoms with Crippen LogP contribution in [0.5, 0.6) is 0 Å². The standard InChI is InChI=1S/C12H21N3O2/c1-11(2,3)17-10(16)15-12(4,5)6-9-7-13-8-14-9/h7-8H,6H2,1-5H3,(H,13,14)(H,15,16). The molecule has 5 heteroatoms. The highest BCUT2D eigenvalue weighted by Crippen LogP contribution is 2.12. The fraction of sp³-hybridized carbons (Fsp3) is 0.667. The Morgan fingerprint density at radius 2 is 2.06 bits per heavy atom. The topological polar surface area (TPSA) is 67.0 Å². The fourth-order valence-corrected chi connectivity index (χ4v) is 1.48. The van der Waals surface area contributed by atoms with Crippen LogP contribution in [0.25, 0.3) is 0 Å². The Hall–Kier alpha value is -1.52. The number of aromatic amines is 1. The summed E-state index contributed by atoms with van der Waals surface area (Å²) >= 11 is 0. The third-order valence-electron chi connectivity index (χ3n) is 2.03. The van der Waals surface area contributed by atoms with Gasteiger partial charge in [0.2, 0.25) is 0 Å². The fourth-order valence-electron chi connectivity index (χ4n) is 1.48. The zero-order valence-corrected chi connectivity index (χ0v) is 11.1. The lowest BCUT2D eigenvalue weighted by molar-refractivity contribution is 0.0472. The van der Waals surface area contributed by atoms with Crippen LogP contribution in [-0.2, 0) is 11.2 Å². The van der Waals surface area contributed by atoms with Crippen LogP contribution in [0.1, 0.15) is 40.3 Å². The number of carbonyl (C=O) groups excluding carboxylic acids is 1. The number of aromatic nitrogens is 2. The van der Waals surface area contributed by atoms with E-state index in [1.54, 1.807) is 12.5 Å². The van der Waals surface area contributed by atoms with Crippen LogP contribution in [0.2, 0.25) is 0 Å². The van der Waals surface area contributed by atoms with Crippen molar-refractivity contribution in [1.29, 1.82) is 0 Å². The van der Waals surface area contributed by atoms with Crippen molar-refractivity contribution >= 4 is 6.09 Å². The molecule has 0 unspecified atom stereocenters. The van der Waals surface area contributed by atoms with Gasteiger partial charge in [-0.05, 0) is 34.6 Å². The number of hydrogen-bond acceptors (Lipinski definition) is 3. The van der Waals surface area contributed by atoms with Crippen LogP contribution >= 0.6 is 0 Å². The van der Waals surface area contributed by atoms with Gasteiger partial charge in [0.25, 0.3) is 0 Å². The summed E-state index contributed by atoms with van der Waals surface area (Å²) in [5.41, 5.74) is 0.120. The molecule has 1 rings (SSSR count). The Kier molecular flexibility index (Phi) is 3.80. The maximum Gasteiger partial charge on any atom is 0.408 e. The zero-order chi connectivity index (χ0) is 13.1. The van der Waals surface area contributed by atoms with Crippen molar-refractivity contribution < 1.29 is 9.53 Å². The number of alkyl carbamates (subject to hydrolysis) is 1. The number of amides is 1. The molecular formula is C12H21N3O2. The van der Waals surface area contributed by atoms with E-state index < -0.39 is 11.7 Å². The molecule has 5 nitrogen and oxygen atoms in total. The molecule has 1 aromatic heterocycles. The summed E-state index contributed by atoms with van der Waals surface area (Å²) in [5, 5.41) is 2.84. The highest BCUT2D eigenvalue weighted by Gasteiger charge is 2.25. The Balaban J connectivity index is 2.51. The zero-order valence-electron chi connectivity index (χ0n) is 11.1. The summed E-state index contributed by atoms with van der Waals surface area (Å²) in [7, 11) is 0. The summed E-state index contributed by atoms with van der Waals surface area (Å²) in [6, 6.07) is 0. The number of ether oxygens (including phenoxy) is 1. The predicted octanol–water partition coefficient (Wildman–Crippen LogP) is 2.26. The first-order chi connectivity index (χ1) is 7.68. The van der Waals surface area contributed by atoms with Gasteiger partial charge < -0.3 is 15.0 Å². The highest BCUT2D eigenvalue weighted by atomic mass is 16.6. The maximum absolute atomic E-state index is 11.6. The second kappa shape index (κ2) is 4.77. The van der Waals surface area contributed by atoms with Gasteiger partial charge in [-0.3, -0.25) is 0 Å². The van der Waals surface area contributed by atoms with Gasteiger partial charge in [0.05, 0.1) is 6.33 Å². The minimum absolute atomic E-state index is 0.380. The molecule has 17 heavy (non-hydrogen) atoms. The van der Waals surface area contributed by atoms with Gasteiger partial charge in [-0.15, -0.1) is 0 Å². The number of nitrogens with one attached hydrogen (secondary N) is 2. The van der Waals surface area contributed by atoms with Crippen LogP contribution in [0.4, 0.5) is 4.79 Å². The summed E-state index contributed by atoms with van der Waals surface area (Å²) in [5.74, 6) is 0. The van der Waals surface area contributed by atoms with E-state index in [2.05, 4.69) is 15.3 Å². The summed E-state index contributed by atoms with van der Waals surface area (Å²) in [6.07, 6.45) is 3.64. The maximum atomic E-state index is 11.6. The minimum Gasteiger partial charge on any atom is -0.444 e. The highest BCUT2D eigenvalue weighted by molar-refractivity contribution is 5.68. The molecule has 1 amide bonds. The van der Waals surface area contributed by atoms with Gasteiger partial charge in [-0.25, -0.2) is 9.78 Å². The quantitative estimate of drug-likeness (QED) is 0.850. The van der Waals surface area contributed by atoms with E-state index in [0.717, 1.165) is 5.69 Å². The summed E-state index contributed by atoms with van der Waals surface area (Å²) < 4.78 is 5.22. The average molecular weight is 239 g/mol. The molecule has 0 fully saturated rings. The second-order valence-corrected chi connectivity index (χ2v) is 5.76. The number of rotatable bonds is 3. The molecule has 0 aliphatic heterocycles. The number of carbonyl (C=O) groups is 1. The summed E-state index contributed by atoms with van der Waals surface area (Å²) in [6.45, 7) is 9.41. The molecule has 0 aliphatic rings. The van der Waals surface area contributed by atoms with Gasteiger partial charge in [0, 0.05) is 23.9 Å². The molecule has 0 aromatic carbocycles. The van der Waals surface area contributed by atoms with E-state index in [1.165, 1.54) is 0 Å². The molecule has 0 saturated heterocycles. The van der Waals surface area contributed by atoms with E-state index in [4.69, 9.17) is 4.74 Å². The predicted molar refractivity (Wildman–Crippen MR) is 65.7 cm³/mol. The molecule has 0 spiro atoms. The molecular weight excluding hydrogens is 218 g/mol. The molecule has 96 valence electrons. The molecule has 0 bridgehead atoms. The lowest BCUT2D eigenvalue weighted by Gasteiger charge is -2.28. The van der Waals surface area contributed by atoms with Crippen molar-refractivity contribution in [1.82, 2.24) is 15.3 Å². The number of H-pyrrole nitrogens is 1. The molecule has 1 heterocycles. The van der Waals surface area contributed by atoms with Crippen molar-refractivity contribution in [2.45, 2.75) is 52.2 Å². The van der Waals surface area contributed by atoms with Crippen LogP contribution < -0.4 is 5.32 Å². The van der Waals surface area contributed by atoms with Crippen LogP contribution in [0.15, 0.2) is 12.5 Å². The van der Waals surface area contributed by atoms with Crippen LogP contribution in [0, 0.1) is 0 Å². The smallest absolute Gasteiger partial charge is 0.408 e. The number of nitrogens with zero attached hydrogens (tertiary/aromatic N) is 1. The van der Waals surface area contributed by atoms with Gasteiger partial charge in [0.1, 0.15) is 5.60 Å². The van der Waals surface area contributed by atoms with Crippen LogP contribution in [0.3, 0.4) is 0 Å². The Labute approximate surface area is 102 Å². The molecule has 0 saturated carbocycles. The van der Waals surface area contributed by atoms with Crippen molar-refractivity contribution in [3.05, 3.63) is 18.2 Å². The SMILES string of the molecule is CC(C)(Cc1cnc[nH]1)NC(=O)OC(C)(C)C. The number of hydrogen-bond donors (Lipinski definition) is 2. The Bertz CT molecular complexity index is 364. The monoisotopic (exact) mass is 239 g/mol. The van der Waals surface area contributed by atoms with Crippen molar-refractivity contribution in [2.75, 3.05) is 0 Å². The van der Waals surface area contributed by atoms with E-state index in [9.17, 15) is 4.79 Å². The second-order valence-electron chi connectivity index (χ2n) is 5.76. The first-order valence-corrected chi connectivity index (χ1v) is 5.66. The van der Waals surface area contributed by atoms with E-state index in [1.807, 2.05) is 34.6 Å². The van der Waals surface area contributed by atoms with E-state index in [-0.39, 0.29) is 5.54 Å². The minimum atomic E-state index is -0.478. The van der Waals surface area contributed by atoms with Crippen LogP contribution in [-0.4, -0.2) is 27.2 Å². The van der Waals surface area contributed by atoms with Crippen molar-refractivity contribution in [3.8, 4) is 0 Å². The van der Waals surface area contributed by atoms with Crippen molar-refractivity contribution in [3.63, 3.8) is 0 Å². The molecule has 1 aromatic rings. The van der Waals surface area contributed by atoms with E-state index >= 15 is 0 Å². The normalized spacial score (nSPS) is 12.3. The first kappa shape index (κ1) is 13.5. The van der Waals surface area contributed by atoms with Gasteiger partial charge >= 0.3 is 6.09 Å². The van der Waals surface area contributed by atoms with Gasteiger partial charge in [0.15, 0.2) is 0 Å². The Morgan fingerprint density at radius 1 is 1.41 bits per heavy atom. The van der Waals surface area contributed by atoms with E-state index in [0.29, 0.717) is 6.42 Å².